The highest BCUT2D eigenvalue weighted by molar-refractivity contribution is 6.00. The first kappa shape index (κ1) is 34.8. The fourth-order valence-corrected chi connectivity index (χ4v) is 5.00. The lowest BCUT2D eigenvalue weighted by molar-refractivity contribution is -0.144. The Labute approximate surface area is 253 Å². The Morgan fingerprint density at radius 2 is 1.43 bits per heavy atom. The van der Waals surface area contributed by atoms with Crippen LogP contribution in [0.2, 0.25) is 0 Å². The van der Waals surface area contributed by atoms with Crippen LogP contribution >= 0.6 is 0 Å². The molecular weight excluding hydrogens is 526 g/mol. The van der Waals surface area contributed by atoms with Gasteiger partial charge < -0.3 is 20.3 Å². The molecule has 0 aliphatic rings. The zero-order valence-corrected chi connectivity index (χ0v) is 27.8. The number of nitrogens with one attached hydrogen (secondary N) is 2. The van der Waals surface area contributed by atoms with Crippen molar-refractivity contribution in [2.45, 2.75) is 120 Å². The van der Waals surface area contributed by atoms with E-state index in [1.165, 1.54) is 0 Å². The van der Waals surface area contributed by atoms with E-state index in [2.05, 4.69) is 24.5 Å². The molecular formula is C35H53N3O4. The Kier molecular flexibility index (Phi) is 12.2. The van der Waals surface area contributed by atoms with Crippen LogP contribution in [0.1, 0.15) is 102 Å². The van der Waals surface area contributed by atoms with Crippen LogP contribution in [0.3, 0.4) is 0 Å². The van der Waals surface area contributed by atoms with E-state index in [0.29, 0.717) is 12.3 Å². The molecule has 0 aliphatic heterocycles. The van der Waals surface area contributed by atoms with E-state index in [4.69, 9.17) is 4.74 Å². The summed E-state index contributed by atoms with van der Waals surface area (Å²) in [4.78, 5) is 43.6. The molecule has 0 spiro atoms. The summed E-state index contributed by atoms with van der Waals surface area (Å²) >= 11 is 0. The van der Waals surface area contributed by atoms with Gasteiger partial charge in [-0.1, -0.05) is 64.1 Å². The van der Waals surface area contributed by atoms with Crippen molar-refractivity contribution < 1.29 is 19.1 Å². The first-order chi connectivity index (χ1) is 19.4. The van der Waals surface area contributed by atoms with Crippen LogP contribution in [0.4, 0.5) is 10.5 Å². The first-order valence-electron chi connectivity index (χ1n) is 15.2. The molecule has 0 aromatic heterocycles. The fourth-order valence-electron chi connectivity index (χ4n) is 5.00. The van der Waals surface area contributed by atoms with E-state index < -0.39 is 23.8 Å². The molecule has 3 unspecified atom stereocenters. The molecule has 2 rings (SSSR count). The second-order valence-electron chi connectivity index (χ2n) is 13.4. The normalized spacial score (nSPS) is 13.9. The highest BCUT2D eigenvalue weighted by Crippen LogP contribution is 2.31. The van der Waals surface area contributed by atoms with Crippen LogP contribution in [0.15, 0.2) is 36.4 Å². The van der Waals surface area contributed by atoms with Crippen LogP contribution in [0.5, 0.6) is 0 Å². The summed E-state index contributed by atoms with van der Waals surface area (Å²) in [5.74, 6) is -0.423. The van der Waals surface area contributed by atoms with Crippen molar-refractivity contribution in [2.75, 3.05) is 5.32 Å². The van der Waals surface area contributed by atoms with E-state index in [-0.39, 0.29) is 23.8 Å². The Bertz CT molecular complexity index is 1230. The zero-order valence-electron chi connectivity index (χ0n) is 27.8. The van der Waals surface area contributed by atoms with Crippen molar-refractivity contribution in [1.29, 1.82) is 0 Å². The molecule has 2 N–H and O–H groups in total. The van der Waals surface area contributed by atoms with E-state index in [1.807, 2.05) is 84.9 Å². The number of benzene rings is 2. The third-order valence-electron chi connectivity index (χ3n) is 7.60. The van der Waals surface area contributed by atoms with Crippen molar-refractivity contribution in [2.24, 2.45) is 11.8 Å². The summed E-state index contributed by atoms with van der Waals surface area (Å²) in [6.07, 6.45) is 0.931. The molecule has 42 heavy (non-hydrogen) atoms. The number of para-hydroxylation sites is 1. The number of alkyl carbamates (subject to hydrolysis) is 1. The number of ether oxygens (including phenoxy) is 1. The van der Waals surface area contributed by atoms with Crippen LogP contribution in [-0.2, 0) is 14.3 Å². The molecule has 3 atom stereocenters. The highest BCUT2D eigenvalue weighted by atomic mass is 16.6. The van der Waals surface area contributed by atoms with Gasteiger partial charge in [0.05, 0.1) is 0 Å². The van der Waals surface area contributed by atoms with Crippen LogP contribution < -0.4 is 10.6 Å². The Balaban J connectivity index is 2.70. The van der Waals surface area contributed by atoms with Crippen molar-refractivity contribution in [3.8, 4) is 0 Å². The molecule has 0 saturated carbocycles. The van der Waals surface area contributed by atoms with Crippen LogP contribution in [0, 0.1) is 39.5 Å². The molecule has 2 aromatic carbocycles. The second kappa shape index (κ2) is 14.7. The average Bonchev–Trinajstić information content (AvgIpc) is 2.86. The summed E-state index contributed by atoms with van der Waals surface area (Å²) in [5, 5.41) is 5.98. The van der Waals surface area contributed by atoms with Crippen molar-refractivity contribution in [3.05, 3.63) is 64.2 Å². The Hall–Kier alpha value is -3.35. The fraction of sp³-hybridized carbons (Fsp3) is 0.571. The Morgan fingerprint density at radius 1 is 0.833 bits per heavy atom. The number of carbonyl (C=O) groups is 3. The molecule has 0 saturated heterocycles. The van der Waals surface area contributed by atoms with Crippen molar-refractivity contribution in [3.63, 3.8) is 0 Å². The topological polar surface area (TPSA) is 87.7 Å². The van der Waals surface area contributed by atoms with Crippen molar-refractivity contribution in [1.82, 2.24) is 10.2 Å². The minimum absolute atomic E-state index is 0.244. The summed E-state index contributed by atoms with van der Waals surface area (Å²) in [5.41, 5.74) is 4.78. The third kappa shape index (κ3) is 9.60. The molecule has 0 radical (unpaired) electrons. The van der Waals surface area contributed by atoms with Gasteiger partial charge in [-0.25, -0.2) is 4.79 Å². The molecule has 0 bridgehead atoms. The zero-order chi connectivity index (χ0) is 31.9. The van der Waals surface area contributed by atoms with Gasteiger partial charge in [0.1, 0.15) is 17.7 Å². The number of amides is 3. The van der Waals surface area contributed by atoms with E-state index >= 15 is 0 Å². The summed E-state index contributed by atoms with van der Waals surface area (Å²) < 4.78 is 5.51. The largest absolute Gasteiger partial charge is 0.444 e. The minimum Gasteiger partial charge on any atom is -0.444 e. The molecule has 0 aliphatic carbocycles. The molecule has 232 valence electrons. The van der Waals surface area contributed by atoms with Gasteiger partial charge in [-0.3, -0.25) is 9.59 Å². The number of hydrogen-bond donors (Lipinski definition) is 2. The quantitative estimate of drug-likeness (QED) is 0.284. The maximum atomic E-state index is 14.6. The number of nitrogens with zero attached hydrogens (tertiary/aromatic N) is 1. The standard InChI is InChI=1S/C35H53N3O4/c1-21(2)16-18-27(9)38(33(40)29(22(3)4)37-34(41)42-35(10,11)12)31(28-19-17-23(5)26(8)20-28)32(39)36-30-24(6)14-13-15-25(30)7/h13-15,17,19-22,27,29,31H,16,18H2,1-12H3,(H,36,39)(H,37,41). The number of anilines is 1. The van der Waals surface area contributed by atoms with E-state index in [1.54, 1.807) is 25.7 Å². The van der Waals surface area contributed by atoms with Gasteiger partial charge in [-0.15, -0.1) is 0 Å². The lowest BCUT2D eigenvalue weighted by Gasteiger charge is -2.40. The first-order valence-corrected chi connectivity index (χ1v) is 15.2. The van der Waals surface area contributed by atoms with E-state index in [9.17, 15) is 14.4 Å². The van der Waals surface area contributed by atoms with Gasteiger partial charge in [0.25, 0.3) is 5.91 Å². The Morgan fingerprint density at radius 3 is 1.93 bits per heavy atom. The molecule has 2 aromatic rings. The maximum absolute atomic E-state index is 14.6. The molecule has 7 heteroatoms. The number of rotatable bonds is 11. The maximum Gasteiger partial charge on any atom is 0.408 e. The van der Waals surface area contributed by atoms with Gasteiger partial charge in [0.15, 0.2) is 0 Å². The van der Waals surface area contributed by atoms with Crippen LogP contribution in [-0.4, -0.2) is 40.5 Å². The van der Waals surface area contributed by atoms with Gasteiger partial charge in [0, 0.05) is 11.7 Å². The minimum atomic E-state index is -0.917. The van der Waals surface area contributed by atoms with Gasteiger partial charge in [-0.05, 0) is 108 Å². The number of carbonyl (C=O) groups excluding carboxylic acids is 3. The van der Waals surface area contributed by atoms with Crippen molar-refractivity contribution >= 4 is 23.6 Å². The monoisotopic (exact) mass is 579 g/mol. The smallest absolute Gasteiger partial charge is 0.408 e. The molecule has 0 heterocycles. The third-order valence-corrected chi connectivity index (χ3v) is 7.60. The van der Waals surface area contributed by atoms with Crippen LogP contribution in [0.25, 0.3) is 0 Å². The van der Waals surface area contributed by atoms with Gasteiger partial charge in [0.2, 0.25) is 5.91 Å². The SMILES string of the molecule is Cc1ccc(C(C(=O)Nc2c(C)cccc2C)N(C(=O)C(NC(=O)OC(C)(C)C)C(C)C)C(C)CCC(C)C)cc1C. The molecule has 3 amide bonds. The molecule has 7 nitrogen and oxygen atoms in total. The highest BCUT2D eigenvalue weighted by Gasteiger charge is 2.40. The molecule has 0 fully saturated rings. The summed E-state index contributed by atoms with van der Waals surface area (Å²) in [7, 11) is 0. The van der Waals surface area contributed by atoms with Gasteiger partial charge in [-0.2, -0.15) is 0 Å². The second-order valence-corrected chi connectivity index (χ2v) is 13.4. The number of hydrogen-bond acceptors (Lipinski definition) is 4. The average molecular weight is 580 g/mol. The number of aryl methyl sites for hydroxylation is 4. The van der Waals surface area contributed by atoms with Gasteiger partial charge >= 0.3 is 6.09 Å². The summed E-state index contributed by atoms with van der Waals surface area (Å²) in [6.45, 7) is 23.4. The van der Waals surface area contributed by atoms with E-state index in [0.717, 1.165) is 39.9 Å². The summed E-state index contributed by atoms with van der Waals surface area (Å²) in [6, 6.07) is 9.71. The lowest BCUT2D eigenvalue weighted by Crippen LogP contribution is -2.56. The lowest BCUT2D eigenvalue weighted by atomic mass is 9.93. The predicted molar refractivity (Wildman–Crippen MR) is 172 cm³/mol. The predicted octanol–water partition coefficient (Wildman–Crippen LogP) is 7.80.